The molecule has 8 heteroatoms. The second-order valence-electron chi connectivity index (χ2n) is 9.05. The Morgan fingerprint density at radius 1 is 1.08 bits per heavy atom. The van der Waals surface area contributed by atoms with Crippen LogP contribution in [-0.4, -0.2) is 72.6 Å². The SMILES string of the molecule is CCCCOc1cccc(/C(O)=C2\C(=O)C(=O)N(CCCN3CCOCC3)C2c2ccccc2F)c1. The first kappa shape index (κ1) is 25.9. The number of halogens is 1. The molecule has 2 aliphatic heterocycles. The molecule has 2 heterocycles. The maximum absolute atomic E-state index is 15.0. The van der Waals surface area contributed by atoms with Gasteiger partial charge in [-0.05, 0) is 31.0 Å². The fourth-order valence-electron chi connectivity index (χ4n) is 4.64. The lowest BCUT2D eigenvalue weighted by Gasteiger charge is -2.29. The molecule has 1 atom stereocenters. The van der Waals surface area contributed by atoms with Crippen molar-refractivity contribution in [2.45, 2.75) is 32.2 Å². The van der Waals surface area contributed by atoms with Crippen molar-refractivity contribution >= 4 is 17.4 Å². The number of likely N-dealkylation sites (tertiary alicyclic amines) is 1. The number of unbranched alkanes of at least 4 members (excludes halogenated alkanes) is 1. The molecule has 1 unspecified atom stereocenters. The van der Waals surface area contributed by atoms with Gasteiger partial charge in [-0.1, -0.05) is 43.7 Å². The largest absolute Gasteiger partial charge is 0.507 e. The summed E-state index contributed by atoms with van der Waals surface area (Å²) in [6.45, 7) is 6.55. The van der Waals surface area contributed by atoms with E-state index >= 15 is 0 Å². The zero-order chi connectivity index (χ0) is 25.5. The highest BCUT2D eigenvalue weighted by atomic mass is 19.1. The molecule has 1 amide bonds. The van der Waals surface area contributed by atoms with Crippen LogP contribution in [0.2, 0.25) is 0 Å². The Hall–Kier alpha value is -3.23. The number of rotatable bonds is 10. The molecule has 2 fully saturated rings. The van der Waals surface area contributed by atoms with Crippen molar-refractivity contribution in [3.63, 3.8) is 0 Å². The van der Waals surface area contributed by atoms with Crippen LogP contribution in [0.3, 0.4) is 0 Å². The summed E-state index contributed by atoms with van der Waals surface area (Å²) in [6, 6.07) is 11.8. The summed E-state index contributed by atoms with van der Waals surface area (Å²) < 4.78 is 26.1. The normalized spacial score (nSPS) is 20.2. The van der Waals surface area contributed by atoms with Gasteiger partial charge in [0.05, 0.1) is 31.4 Å². The van der Waals surface area contributed by atoms with E-state index in [1.807, 2.05) is 0 Å². The van der Waals surface area contributed by atoms with Crippen molar-refractivity contribution < 1.29 is 28.6 Å². The second-order valence-corrected chi connectivity index (χ2v) is 9.05. The predicted molar refractivity (Wildman–Crippen MR) is 134 cm³/mol. The van der Waals surface area contributed by atoms with Crippen molar-refractivity contribution in [2.75, 3.05) is 46.0 Å². The number of hydrogen-bond donors (Lipinski definition) is 1. The summed E-state index contributed by atoms with van der Waals surface area (Å²) in [6.07, 6.45) is 2.48. The van der Waals surface area contributed by atoms with E-state index in [0.29, 0.717) is 37.6 Å². The summed E-state index contributed by atoms with van der Waals surface area (Å²) >= 11 is 0. The van der Waals surface area contributed by atoms with Crippen LogP contribution in [0.4, 0.5) is 4.39 Å². The molecule has 0 aromatic heterocycles. The molecule has 0 aliphatic carbocycles. The number of amides is 1. The van der Waals surface area contributed by atoms with Gasteiger partial charge < -0.3 is 19.5 Å². The third-order valence-electron chi connectivity index (χ3n) is 6.59. The number of hydrogen-bond acceptors (Lipinski definition) is 6. The van der Waals surface area contributed by atoms with Gasteiger partial charge in [0.1, 0.15) is 17.3 Å². The number of Topliss-reactive ketones (excluding diaryl/α,β-unsaturated/α-hetero) is 1. The molecule has 2 aromatic rings. The number of aliphatic hydroxyl groups excluding tert-OH is 1. The van der Waals surface area contributed by atoms with E-state index in [-0.39, 0.29) is 23.4 Å². The van der Waals surface area contributed by atoms with E-state index in [9.17, 15) is 19.1 Å². The number of nitrogens with zero attached hydrogens (tertiary/aromatic N) is 2. The molecule has 2 aromatic carbocycles. The number of morpholine rings is 1. The van der Waals surface area contributed by atoms with Gasteiger partial charge in [-0.3, -0.25) is 14.5 Å². The van der Waals surface area contributed by atoms with Crippen molar-refractivity contribution in [3.8, 4) is 5.75 Å². The number of carbonyl (C=O) groups excluding carboxylic acids is 2. The van der Waals surface area contributed by atoms with Crippen LogP contribution in [0.25, 0.3) is 5.76 Å². The average Bonchev–Trinajstić information content (AvgIpc) is 3.14. The Balaban J connectivity index is 1.65. The molecule has 2 saturated heterocycles. The van der Waals surface area contributed by atoms with Crippen LogP contribution in [0.1, 0.15) is 43.4 Å². The molecule has 0 bridgehead atoms. The van der Waals surface area contributed by atoms with E-state index in [1.54, 1.807) is 42.5 Å². The van der Waals surface area contributed by atoms with E-state index in [1.165, 1.54) is 11.0 Å². The highest BCUT2D eigenvalue weighted by molar-refractivity contribution is 6.46. The van der Waals surface area contributed by atoms with E-state index in [2.05, 4.69) is 11.8 Å². The first-order valence-corrected chi connectivity index (χ1v) is 12.6. The highest BCUT2D eigenvalue weighted by Crippen LogP contribution is 2.40. The Bertz CT molecular complexity index is 1110. The standard InChI is InChI=1S/C28H33FN2O5/c1-2-3-16-36-21-9-6-8-20(19-21)26(32)24-25(22-10-4-5-11-23(22)29)31(28(34)27(24)33)13-7-12-30-14-17-35-18-15-30/h4-6,8-11,19,25,32H,2-3,7,12-18H2,1H3/b26-24+. The van der Waals surface area contributed by atoms with Gasteiger partial charge in [-0.2, -0.15) is 0 Å². The number of aliphatic hydroxyl groups is 1. The monoisotopic (exact) mass is 496 g/mol. The Labute approximate surface area is 211 Å². The smallest absolute Gasteiger partial charge is 0.295 e. The maximum atomic E-state index is 15.0. The van der Waals surface area contributed by atoms with E-state index in [4.69, 9.17) is 9.47 Å². The summed E-state index contributed by atoms with van der Waals surface area (Å²) in [5, 5.41) is 11.3. The molecule has 4 rings (SSSR count). The van der Waals surface area contributed by atoms with Crippen LogP contribution in [0.15, 0.2) is 54.1 Å². The van der Waals surface area contributed by atoms with Gasteiger partial charge in [0.15, 0.2) is 0 Å². The van der Waals surface area contributed by atoms with Crippen LogP contribution in [0, 0.1) is 5.82 Å². The first-order valence-electron chi connectivity index (χ1n) is 12.6. The third kappa shape index (κ3) is 5.77. The molecule has 192 valence electrons. The molecule has 0 spiro atoms. The highest BCUT2D eigenvalue weighted by Gasteiger charge is 2.46. The molecule has 0 radical (unpaired) electrons. The van der Waals surface area contributed by atoms with Gasteiger partial charge in [0.2, 0.25) is 0 Å². The van der Waals surface area contributed by atoms with Crippen LogP contribution < -0.4 is 4.74 Å². The minimum absolute atomic E-state index is 0.109. The Kier molecular flexibility index (Phi) is 8.72. The number of ether oxygens (including phenoxy) is 2. The Morgan fingerprint density at radius 2 is 1.86 bits per heavy atom. The van der Waals surface area contributed by atoms with Gasteiger partial charge in [-0.15, -0.1) is 0 Å². The van der Waals surface area contributed by atoms with Crippen molar-refractivity contribution in [3.05, 3.63) is 71.0 Å². The lowest BCUT2D eigenvalue weighted by atomic mass is 9.95. The van der Waals surface area contributed by atoms with Gasteiger partial charge in [0, 0.05) is 37.3 Å². The van der Waals surface area contributed by atoms with Gasteiger partial charge in [0.25, 0.3) is 11.7 Å². The predicted octanol–water partition coefficient (Wildman–Crippen LogP) is 4.15. The number of carbonyl (C=O) groups is 2. The van der Waals surface area contributed by atoms with Crippen LogP contribution in [-0.2, 0) is 14.3 Å². The van der Waals surface area contributed by atoms with Crippen LogP contribution in [0.5, 0.6) is 5.75 Å². The molecule has 1 N–H and O–H groups in total. The number of ketones is 1. The summed E-state index contributed by atoms with van der Waals surface area (Å²) in [7, 11) is 0. The lowest BCUT2D eigenvalue weighted by molar-refractivity contribution is -0.140. The van der Waals surface area contributed by atoms with Crippen molar-refractivity contribution in [1.82, 2.24) is 9.80 Å². The maximum Gasteiger partial charge on any atom is 0.295 e. The lowest BCUT2D eigenvalue weighted by Crippen LogP contribution is -2.39. The molecular weight excluding hydrogens is 463 g/mol. The van der Waals surface area contributed by atoms with Crippen molar-refractivity contribution in [2.24, 2.45) is 0 Å². The van der Waals surface area contributed by atoms with Crippen LogP contribution >= 0.6 is 0 Å². The zero-order valence-electron chi connectivity index (χ0n) is 20.6. The molecule has 36 heavy (non-hydrogen) atoms. The van der Waals surface area contributed by atoms with Crippen molar-refractivity contribution in [1.29, 1.82) is 0 Å². The van der Waals surface area contributed by atoms with E-state index in [0.717, 1.165) is 32.5 Å². The molecule has 0 saturated carbocycles. The Morgan fingerprint density at radius 3 is 2.61 bits per heavy atom. The number of benzene rings is 2. The quantitative estimate of drug-likeness (QED) is 0.230. The summed E-state index contributed by atoms with van der Waals surface area (Å²) in [4.78, 5) is 29.9. The van der Waals surface area contributed by atoms with Gasteiger partial charge in [-0.25, -0.2) is 4.39 Å². The fourth-order valence-corrected chi connectivity index (χ4v) is 4.64. The molecular formula is C28H33FN2O5. The summed E-state index contributed by atoms with van der Waals surface area (Å²) in [5.41, 5.74) is 0.416. The molecule has 2 aliphatic rings. The third-order valence-corrected chi connectivity index (χ3v) is 6.59. The second kappa shape index (κ2) is 12.1. The van der Waals surface area contributed by atoms with E-state index < -0.39 is 23.5 Å². The van der Waals surface area contributed by atoms with Gasteiger partial charge >= 0.3 is 0 Å². The first-order chi connectivity index (χ1) is 17.5. The minimum atomic E-state index is -1.01. The fraction of sp³-hybridized carbons (Fsp3) is 0.429. The summed E-state index contributed by atoms with van der Waals surface area (Å²) in [5.74, 6) is -1.87. The zero-order valence-corrected chi connectivity index (χ0v) is 20.6. The molecule has 7 nitrogen and oxygen atoms in total. The average molecular weight is 497 g/mol. The minimum Gasteiger partial charge on any atom is -0.507 e. The topological polar surface area (TPSA) is 79.3 Å².